The SMILES string of the molecule is CCCCCCCC(=O)Oc1c(C)c2c(c3c1[C@H]1SC[C@]4(NCCc5cc(O)c(OC)cc54)C(=O)OC[C@@H]3N3C1[C@H]1c4c(cc(C)c(OC)c4O)C[C@@H]([C@@H]3C#N)N1C)OCO2.CCCCCCCC(=O)Oc1c(C)c2c(c3c1[C@H]1SC[C@]4(NCCc5cc(O)c(OC)cc54)C(=O)OC[C@@H]3N3C1[C@H]1c4c(cc(C)c(OC)c4O)C[C@@H]([C@@H]3O)N1C)OCO2. The van der Waals surface area contributed by atoms with Crippen LogP contribution in [0.5, 0.6) is 80.5 Å². The van der Waals surface area contributed by atoms with Crippen molar-refractivity contribution in [2.45, 2.75) is 226 Å². The van der Waals surface area contributed by atoms with Gasteiger partial charge in [-0.2, -0.15) is 5.26 Å². The molecule has 0 aliphatic carbocycles. The summed E-state index contributed by atoms with van der Waals surface area (Å²) >= 11 is 3.00. The number of aliphatic hydroxyl groups excluding tert-OH is 1. The Balaban J connectivity index is 0.000000172. The average Bonchev–Trinajstić information content (AvgIpc) is 1.66. The highest BCUT2D eigenvalue weighted by Gasteiger charge is 2.65. The number of thioether (sulfide) groups is 2. The number of nitrogens with one attached hydrogen (secondary N) is 2. The zero-order valence-electron chi connectivity index (χ0n) is 70.7. The summed E-state index contributed by atoms with van der Waals surface area (Å²) in [4.78, 5) is 66.2. The Labute approximate surface area is 712 Å². The van der Waals surface area contributed by atoms with Crippen LogP contribution in [0.25, 0.3) is 0 Å². The third kappa shape index (κ3) is 13.6. The topological polar surface area (TPSA) is 341 Å². The highest BCUT2D eigenvalue weighted by Crippen LogP contribution is 2.68. The molecule has 2 unspecified atom stereocenters. The van der Waals surface area contributed by atoms with Gasteiger partial charge in [-0.1, -0.05) is 77.3 Å². The van der Waals surface area contributed by atoms with Crippen molar-refractivity contribution in [3.63, 3.8) is 0 Å². The largest absolute Gasteiger partial charge is 0.504 e. The number of esters is 4. The molecule has 14 aliphatic heterocycles. The molecular weight excluding hydrogens is 1590 g/mol. The second kappa shape index (κ2) is 33.4. The van der Waals surface area contributed by atoms with Gasteiger partial charge in [0.15, 0.2) is 80.1 Å². The third-order valence-electron chi connectivity index (χ3n) is 27.6. The van der Waals surface area contributed by atoms with Crippen molar-refractivity contribution in [1.82, 2.24) is 30.2 Å². The van der Waals surface area contributed by atoms with Crippen molar-refractivity contribution < 1.29 is 102 Å². The smallest absolute Gasteiger partial charge is 0.331 e. The number of aromatic hydroxyl groups is 4. The third-order valence-corrected chi connectivity index (χ3v) is 30.6. The summed E-state index contributed by atoms with van der Waals surface area (Å²) in [6.07, 6.45) is 11.2. The maximum Gasteiger partial charge on any atom is 0.331 e. The van der Waals surface area contributed by atoms with E-state index in [0.717, 1.165) is 90.3 Å². The number of carbonyl (C=O) groups excluding carboxylic acids is 4. The zero-order valence-corrected chi connectivity index (χ0v) is 72.3. The van der Waals surface area contributed by atoms with Gasteiger partial charge >= 0.3 is 23.9 Å². The number of hydrogen-bond acceptors (Lipinski definition) is 30. The van der Waals surface area contributed by atoms with Crippen LogP contribution in [0.3, 0.4) is 0 Å². The molecule has 14 heterocycles. The minimum absolute atomic E-state index is 0.0172. The van der Waals surface area contributed by atoms with Gasteiger partial charge < -0.3 is 82.4 Å². The lowest BCUT2D eigenvalue weighted by atomic mass is 9.71. The molecule has 4 fully saturated rings. The van der Waals surface area contributed by atoms with E-state index in [1.807, 2.05) is 52.8 Å². The summed E-state index contributed by atoms with van der Waals surface area (Å²) in [6, 6.07) is 8.52. The van der Waals surface area contributed by atoms with Crippen LogP contribution in [-0.4, -0.2) is 199 Å². The predicted octanol–water partition coefficient (Wildman–Crippen LogP) is 12.1. The van der Waals surface area contributed by atoms with E-state index in [4.69, 9.17) is 56.8 Å². The minimum Gasteiger partial charge on any atom is -0.504 e. The summed E-state index contributed by atoms with van der Waals surface area (Å²) in [7, 11) is 10.0. The van der Waals surface area contributed by atoms with Gasteiger partial charge in [-0.3, -0.25) is 39.8 Å². The summed E-state index contributed by atoms with van der Waals surface area (Å²) < 4.78 is 73.6. The molecule has 28 nitrogen and oxygen atoms in total. The number of methoxy groups -OCH3 is 4. The van der Waals surface area contributed by atoms with E-state index in [9.17, 15) is 50.0 Å². The number of piperazine rings is 2. The van der Waals surface area contributed by atoms with E-state index in [0.29, 0.717) is 148 Å². The van der Waals surface area contributed by atoms with E-state index < -0.39 is 88.1 Å². The van der Waals surface area contributed by atoms with Gasteiger partial charge in [-0.25, -0.2) is 9.59 Å². The molecule has 14 atom stereocenters. The quantitative estimate of drug-likeness (QED) is 0.0239. The molecule has 646 valence electrons. The summed E-state index contributed by atoms with van der Waals surface area (Å²) in [5.74, 6) is 2.51. The number of nitrogens with zero attached hydrogens (tertiary/aromatic N) is 5. The molecule has 0 aromatic heterocycles. The van der Waals surface area contributed by atoms with Crippen LogP contribution in [0.4, 0.5) is 0 Å². The molecule has 2 spiro atoms. The molecule has 20 rings (SSSR count). The Kier molecular flexibility index (Phi) is 23.2. The van der Waals surface area contributed by atoms with Gasteiger partial charge in [-0.15, -0.1) is 23.5 Å². The molecule has 14 aliphatic rings. The highest BCUT2D eigenvalue weighted by molar-refractivity contribution is 7.99. The second-order valence-corrected chi connectivity index (χ2v) is 36.4. The Morgan fingerprint density at radius 1 is 0.529 bits per heavy atom. The Hall–Kier alpha value is -9.29. The monoisotopic (exact) mass is 1700 g/mol. The fourth-order valence-electron chi connectivity index (χ4n) is 22.0. The summed E-state index contributed by atoms with van der Waals surface area (Å²) in [5.41, 5.74) is 9.01. The molecule has 0 saturated carbocycles. The number of nitriles is 1. The van der Waals surface area contributed by atoms with Crippen molar-refractivity contribution in [1.29, 1.82) is 5.26 Å². The molecule has 0 radical (unpaired) electrons. The Morgan fingerprint density at radius 3 is 1.39 bits per heavy atom. The van der Waals surface area contributed by atoms with E-state index >= 15 is 0 Å². The van der Waals surface area contributed by atoms with Crippen LogP contribution in [0.2, 0.25) is 0 Å². The van der Waals surface area contributed by atoms with Crippen LogP contribution >= 0.6 is 23.5 Å². The van der Waals surface area contributed by atoms with Gasteiger partial charge in [-0.05, 0) is 149 Å². The molecule has 121 heavy (non-hydrogen) atoms. The van der Waals surface area contributed by atoms with Crippen LogP contribution in [0.15, 0.2) is 36.4 Å². The lowest BCUT2D eigenvalue weighted by Crippen LogP contribution is -2.70. The van der Waals surface area contributed by atoms with E-state index in [2.05, 4.69) is 51.3 Å². The molecule has 6 aromatic carbocycles. The average molecular weight is 1700 g/mol. The molecule has 0 amide bonds. The van der Waals surface area contributed by atoms with Crippen molar-refractivity contribution in [3.05, 3.63) is 125 Å². The number of rotatable bonds is 18. The fraction of sp³-hybridized carbons (Fsp3) is 0.549. The van der Waals surface area contributed by atoms with Crippen LogP contribution < -0.4 is 58.0 Å². The molecule has 8 bridgehead atoms. The zero-order chi connectivity index (χ0) is 85.1. The Bertz CT molecular complexity index is 5200. The van der Waals surface area contributed by atoms with E-state index in [1.54, 1.807) is 38.5 Å². The van der Waals surface area contributed by atoms with Gasteiger partial charge in [0.25, 0.3) is 0 Å². The fourth-order valence-corrected chi connectivity index (χ4v) is 25.4. The number of likely N-dealkylation sites (N-methyl/N-ethyl adjacent to an activating group) is 2. The molecule has 30 heteroatoms. The number of phenols is 4. The molecule has 4 saturated heterocycles. The maximum atomic E-state index is 14.9. The first-order valence-electron chi connectivity index (χ1n) is 42.5. The first kappa shape index (κ1) is 83.9. The lowest BCUT2D eigenvalue weighted by molar-refractivity contribution is -0.186. The number of aryl methyl sites for hydroxylation is 2. The number of carbonyl (C=O) groups is 4. The van der Waals surface area contributed by atoms with Gasteiger partial charge in [0, 0.05) is 100 Å². The highest BCUT2D eigenvalue weighted by atomic mass is 32.2. The first-order chi connectivity index (χ1) is 58.4. The van der Waals surface area contributed by atoms with Gasteiger partial charge in [0.1, 0.15) is 37.0 Å². The summed E-state index contributed by atoms with van der Waals surface area (Å²) in [5, 5.41) is 75.9. The molecule has 7 N–H and O–H groups in total. The number of fused-ring (bicyclic) bond motifs is 18. The summed E-state index contributed by atoms with van der Waals surface area (Å²) in [6.45, 7) is 12.3. The normalized spacial score (nSPS) is 27.5. The minimum atomic E-state index is -1.37. The number of aliphatic hydroxyl groups is 1. The van der Waals surface area contributed by atoms with Crippen molar-refractivity contribution >= 4 is 47.4 Å². The molecule has 6 aromatic rings. The number of benzene rings is 6. The second-order valence-electron chi connectivity index (χ2n) is 34.1. The van der Waals surface area contributed by atoms with Crippen molar-refractivity contribution in [2.24, 2.45) is 0 Å². The van der Waals surface area contributed by atoms with Crippen LogP contribution in [-0.2, 0) is 65.4 Å². The molecular formula is C91H109N7O21S2. The number of unbranched alkanes of at least 4 members (excludes halogenated alkanes) is 8. The Morgan fingerprint density at radius 2 is 0.950 bits per heavy atom. The van der Waals surface area contributed by atoms with Crippen molar-refractivity contribution in [2.75, 3.05) is 93.9 Å². The van der Waals surface area contributed by atoms with Crippen molar-refractivity contribution in [3.8, 4) is 86.6 Å². The maximum absolute atomic E-state index is 14.9. The van der Waals surface area contributed by atoms with E-state index in [-0.39, 0.29) is 104 Å². The van der Waals surface area contributed by atoms with Crippen LogP contribution in [0, 0.1) is 39.0 Å². The number of hydrogen-bond donors (Lipinski definition) is 7. The van der Waals surface area contributed by atoms with Crippen LogP contribution in [0.1, 0.15) is 215 Å². The lowest BCUT2D eigenvalue weighted by Gasteiger charge is -2.62. The van der Waals surface area contributed by atoms with E-state index in [1.165, 1.54) is 37.7 Å². The first-order valence-corrected chi connectivity index (χ1v) is 44.6. The predicted molar refractivity (Wildman–Crippen MR) is 448 cm³/mol. The van der Waals surface area contributed by atoms with Gasteiger partial charge in [0.05, 0.1) is 75.2 Å². The number of phenolic OH excluding ortho intramolecular Hbond substituents is 4. The number of ether oxygens (including phenoxy) is 12. The standard InChI is InChI=1S/C46H54N4O10S.C45H55N3O11S/c1-7-8-9-10-11-12-33(52)60-41-24(3)42-43(59-22-58-42)35-30-20-57-45(54)46(27-18-32(55-5)31(51)17-25(27)13-14-48-46)21-61-44(36(35)41)38-37-34-26(15-23(2)40(56-6)39(34)53)16-28(49(37)4)29(19-47)50(30)38;1-7-8-9-10-11-12-31(50)59-39-23(3)40-41(58-21-57-40)33-28-19-56-44(53)45(26-18-30(54-5)29(49)17-24(26)13-14-46-45)20-60-42(34(33)39)36-35-32-25(15-22(2)38(55-6)37(32)51)16-27(47(35)4)43(52)48(28)36/h15,17-18,28-30,37-38,44,48,51,53H,7-14,16,20-22H2,1-6H3;15,17-18,27-28,35-36,42-43,46,49,51-52H,7-14,16,19-21H2,1-6H3/t28-,29-,30-,37+,38?,44+,46+;27-,28-,35+,36?,42+,43-,45+/m00/s1. The van der Waals surface area contributed by atoms with Gasteiger partial charge in [0.2, 0.25) is 13.6 Å².